The number of halogens is 1. The van der Waals surface area contributed by atoms with Crippen molar-refractivity contribution in [1.82, 2.24) is 20.4 Å². The van der Waals surface area contributed by atoms with Crippen LogP contribution in [0, 0.1) is 11.2 Å². The Morgan fingerprint density at radius 3 is 2.88 bits per heavy atom. The maximum absolute atomic E-state index is 13.8. The van der Waals surface area contributed by atoms with E-state index in [0.29, 0.717) is 25.9 Å². The Kier molecular flexibility index (Phi) is 7.52. The Labute approximate surface area is 183 Å². The van der Waals surface area contributed by atoms with E-state index in [0.717, 1.165) is 6.42 Å². The molecule has 3 N–H and O–H groups in total. The lowest BCUT2D eigenvalue weighted by Gasteiger charge is -2.46. The fraction of sp³-hybridized carbons (Fsp3) is 0.476. The number of benzene rings is 1. The number of carboxylic acid groups (broad SMARTS) is 1. The van der Waals surface area contributed by atoms with Gasteiger partial charge in [-0.1, -0.05) is 17.3 Å². The molecule has 172 valence electrons. The van der Waals surface area contributed by atoms with E-state index in [1.165, 1.54) is 6.07 Å². The van der Waals surface area contributed by atoms with Crippen LogP contribution in [0.2, 0.25) is 0 Å². The largest absolute Gasteiger partial charge is 0.483 e. The van der Waals surface area contributed by atoms with Gasteiger partial charge < -0.3 is 25.0 Å². The van der Waals surface area contributed by atoms with Gasteiger partial charge in [-0.15, -0.1) is 0 Å². The van der Waals surface area contributed by atoms with Gasteiger partial charge in [-0.2, -0.15) is 4.98 Å². The number of carbonyl (C=O) groups is 3. The zero-order chi connectivity index (χ0) is 23.1. The van der Waals surface area contributed by atoms with Gasteiger partial charge in [0, 0.05) is 32.5 Å². The summed E-state index contributed by atoms with van der Waals surface area (Å²) in [5.41, 5.74) is -0.682. The fourth-order valence-corrected chi connectivity index (χ4v) is 4.14. The number of nitrogens with one attached hydrogen (secondary N) is 1. The molecule has 2 fully saturated rings. The van der Waals surface area contributed by atoms with Gasteiger partial charge in [0.25, 0.3) is 6.47 Å². The molecular weight excluding hydrogens is 423 g/mol. The van der Waals surface area contributed by atoms with Crippen molar-refractivity contribution in [2.24, 2.45) is 5.41 Å². The second-order valence-electron chi connectivity index (χ2n) is 7.73. The minimum atomic E-state index is -0.922. The van der Waals surface area contributed by atoms with Crippen LogP contribution in [0.1, 0.15) is 31.6 Å². The highest BCUT2D eigenvalue weighted by Gasteiger charge is 2.50. The van der Waals surface area contributed by atoms with Crippen LogP contribution in [0.25, 0.3) is 11.4 Å². The van der Waals surface area contributed by atoms with E-state index in [1.807, 2.05) is 0 Å². The van der Waals surface area contributed by atoms with E-state index in [4.69, 9.17) is 14.4 Å². The van der Waals surface area contributed by atoms with Gasteiger partial charge in [0.2, 0.25) is 23.5 Å². The molecule has 4 rings (SSSR count). The molecule has 2 aromatic rings. The summed E-state index contributed by atoms with van der Waals surface area (Å²) in [6.45, 7) is 0.964. The summed E-state index contributed by atoms with van der Waals surface area (Å²) in [6, 6.07) is 6.13. The minimum absolute atomic E-state index is 0.132. The van der Waals surface area contributed by atoms with Gasteiger partial charge in [-0.3, -0.25) is 14.4 Å². The topological polar surface area (TPSA) is 146 Å². The van der Waals surface area contributed by atoms with E-state index >= 15 is 0 Å². The molecular formula is C21H25FN4O6. The van der Waals surface area contributed by atoms with Crippen molar-refractivity contribution >= 4 is 18.3 Å². The predicted molar refractivity (Wildman–Crippen MR) is 109 cm³/mol. The van der Waals surface area contributed by atoms with Gasteiger partial charge in [0.05, 0.1) is 17.1 Å². The highest BCUT2D eigenvalue weighted by molar-refractivity contribution is 5.86. The molecule has 3 heterocycles. The maximum Gasteiger partial charge on any atom is 0.290 e. The first kappa shape index (κ1) is 23.3. The Balaban J connectivity index is 0.000000913. The SMILES string of the molecule is O=C(CCc1nc(-c2ccccc2F)no1)N1CC[C@H](O)[C@@]2(CCCNC2=O)C1.O=CO. The zero-order valence-electron chi connectivity index (χ0n) is 17.4. The summed E-state index contributed by atoms with van der Waals surface area (Å²) in [5, 5.41) is 23.9. The number of aromatic nitrogens is 2. The zero-order valence-corrected chi connectivity index (χ0v) is 17.4. The first-order valence-electron chi connectivity index (χ1n) is 10.3. The lowest BCUT2D eigenvalue weighted by molar-refractivity contribution is -0.154. The normalized spacial score (nSPS) is 22.6. The van der Waals surface area contributed by atoms with Crippen LogP contribution in [-0.4, -0.2) is 69.3 Å². The van der Waals surface area contributed by atoms with E-state index in [1.54, 1.807) is 23.1 Å². The van der Waals surface area contributed by atoms with Crippen molar-refractivity contribution in [1.29, 1.82) is 0 Å². The Morgan fingerprint density at radius 2 is 2.16 bits per heavy atom. The van der Waals surface area contributed by atoms with Crippen molar-refractivity contribution in [2.45, 2.75) is 38.2 Å². The number of aliphatic hydroxyl groups is 1. The van der Waals surface area contributed by atoms with E-state index in [2.05, 4.69) is 15.5 Å². The third-order valence-electron chi connectivity index (χ3n) is 5.81. The summed E-state index contributed by atoms with van der Waals surface area (Å²) >= 11 is 0. The number of hydrogen-bond donors (Lipinski definition) is 3. The van der Waals surface area contributed by atoms with Crippen molar-refractivity contribution in [3.05, 3.63) is 36.0 Å². The third kappa shape index (κ3) is 4.93. The van der Waals surface area contributed by atoms with Crippen molar-refractivity contribution in [3.8, 4) is 11.4 Å². The molecule has 11 heteroatoms. The van der Waals surface area contributed by atoms with Crippen LogP contribution in [0.4, 0.5) is 4.39 Å². The molecule has 10 nitrogen and oxygen atoms in total. The Morgan fingerprint density at radius 1 is 1.41 bits per heavy atom. The number of nitrogens with zero attached hydrogens (tertiary/aromatic N) is 3. The van der Waals surface area contributed by atoms with Crippen LogP contribution < -0.4 is 5.32 Å². The maximum atomic E-state index is 13.8. The average molecular weight is 448 g/mol. The molecule has 2 amide bonds. The van der Waals surface area contributed by atoms with Crippen LogP contribution in [0.3, 0.4) is 0 Å². The van der Waals surface area contributed by atoms with E-state index < -0.39 is 17.3 Å². The molecule has 32 heavy (non-hydrogen) atoms. The standard InChI is InChI=1S/C20H23FN4O4.CH2O2/c21-14-5-2-1-4-13(14)18-23-16(29-24-18)6-7-17(27)25-11-8-15(26)20(12-25)9-3-10-22-19(20)28;2-1-3/h1-2,4-5,15,26H,3,6-12H2,(H,22,28);1H,(H,2,3)/t15-,20+;/m0./s1. The highest BCUT2D eigenvalue weighted by atomic mass is 19.1. The molecule has 0 radical (unpaired) electrons. The highest BCUT2D eigenvalue weighted by Crippen LogP contribution is 2.37. The first-order chi connectivity index (χ1) is 15.4. The van der Waals surface area contributed by atoms with Gasteiger partial charge in [-0.25, -0.2) is 4.39 Å². The summed E-state index contributed by atoms with van der Waals surface area (Å²) < 4.78 is 19.0. The van der Waals surface area contributed by atoms with Crippen LogP contribution in [0.5, 0.6) is 0 Å². The average Bonchev–Trinajstić information content (AvgIpc) is 3.25. The van der Waals surface area contributed by atoms with Crippen LogP contribution >= 0.6 is 0 Å². The Hall–Kier alpha value is -3.34. The molecule has 2 aliphatic heterocycles. The quantitative estimate of drug-likeness (QED) is 0.587. The van der Waals surface area contributed by atoms with Crippen molar-refractivity contribution in [2.75, 3.05) is 19.6 Å². The second kappa shape index (κ2) is 10.3. The molecule has 2 atom stereocenters. The number of piperidine rings is 2. The molecule has 2 saturated heterocycles. The van der Waals surface area contributed by atoms with Gasteiger partial charge in [0.15, 0.2) is 0 Å². The second-order valence-corrected chi connectivity index (χ2v) is 7.73. The van der Waals surface area contributed by atoms with Gasteiger partial charge >= 0.3 is 0 Å². The molecule has 2 aliphatic rings. The number of aryl methyl sites for hydroxylation is 1. The lowest BCUT2D eigenvalue weighted by atomic mass is 9.71. The molecule has 0 saturated carbocycles. The lowest BCUT2D eigenvalue weighted by Crippen LogP contribution is -2.62. The summed E-state index contributed by atoms with van der Waals surface area (Å²) in [4.78, 5) is 39.3. The number of likely N-dealkylation sites (tertiary alicyclic amines) is 1. The number of amides is 2. The summed E-state index contributed by atoms with van der Waals surface area (Å²) in [6.07, 6.45) is 1.33. The van der Waals surface area contributed by atoms with Crippen LogP contribution in [-0.2, 0) is 20.8 Å². The van der Waals surface area contributed by atoms with E-state index in [-0.39, 0.29) is 55.0 Å². The van der Waals surface area contributed by atoms with Gasteiger partial charge in [0.1, 0.15) is 5.82 Å². The number of aliphatic hydroxyl groups excluding tert-OH is 1. The number of rotatable bonds is 4. The van der Waals surface area contributed by atoms with Crippen molar-refractivity contribution < 1.29 is 33.5 Å². The number of carbonyl (C=O) groups excluding carboxylic acids is 2. The Bertz CT molecular complexity index is 967. The number of hydrogen-bond acceptors (Lipinski definition) is 7. The monoisotopic (exact) mass is 448 g/mol. The molecule has 1 aromatic heterocycles. The van der Waals surface area contributed by atoms with Crippen LogP contribution in [0.15, 0.2) is 28.8 Å². The van der Waals surface area contributed by atoms with Crippen molar-refractivity contribution in [3.63, 3.8) is 0 Å². The minimum Gasteiger partial charge on any atom is -0.483 e. The molecule has 0 unspecified atom stereocenters. The van der Waals surface area contributed by atoms with E-state index in [9.17, 15) is 19.1 Å². The molecule has 0 bridgehead atoms. The van der Waals surface area contributed by atoms with Gasteiger partial charge in [-0.05, 0) is 31.4 Å². The smallest absolute Gasteiger partial charge is 0.290 e. The molecule has 0 aliphatic carbocycles. The first-order valence-corrected chi connectivity index (χ1v) is 10.3. The summed E-state index contributed by atoms with van der Waals surface area (Å²) in [5.74, 6) is -0.373. The fourth-order valence-electron chi connectivity index (χ4n) is 4.14. The third-order valence-corrected chi connectivity index (χ3v) is 5.81. The molecule has 1 spiro atoms. The summed E-state index contributed by atoms with van der Waals surface area (Å²) in [7, 11) is 0. The molecule has 1 aromatic carbocycles. The predicted octanol–water partition coefficient (Wildman–Crippen LogP) is 0.999.